The highest BCUT2D eigenvalue weighted by Crippen LogP contribution is 2.27. The first kappa shape index (κ1) is 11.7. The third-order valence-corrected chi connectivity index (χ3v) is 2.42. The molecule has 0 bridgehead atoms. The summed E-state index contributed by atoms with van der Waals surface area (Å²) < 4.78 is 13.5. The number of hydrogen-bond donors (Lipinski definition) is 1. The normalized spacial score (nSPS) is 14.5. The molecule has 15 heavy (non-hydrogen) atoms. The van der Waals surface area contributed by atoms with Crippen molar-refractivity contribution in [3.63, 3.8) is 0 Å². The quantitative estimate of drug-likeness (QED) is 0.811. The van der Waals surface area contributed by atoms with Gasteiger partial charge in [-0.1, -0.05) is 43.7 Å². The number of halogens is 1. The molecule has 0 saturated carbocycles. The Morgan fingerprint density at radius 3 is 2.47 bits per heavy atom. The van der Waals surface area contributed by atoms with Gasteiger partial charge in [-0.2, -0.15) is 0 Å². The molecule has 0 heterocycles. The van der Waals surface area contributed by atoms with Gasteiger partial charge in [0.25, 0.3) is 0 Å². The summed E-state index contributed by atoms with van der Waals surface area (Å²) in [4.78, 5) is 10.6. The van der Waals surface area contributed by atoms with Crippen LogP contribution >= 0.6 is 0 Å². The molecule has 0 aliphatic heterocycles. The summed E-state index contributed by atoms with van der Waals surface area (Å²) in [5.41, 5.74) is 0.759. The van der Waals surface area contributed by atoms with E-state index in [9.17, 15) is 9.18 Å². The zero-order chi connectivity index (χ0) is 11.3. The number of carbonyl (C=O) groups is 1. The van der Waals surface area contributed by atoms with Gasteiger partial charge in [-0.05, 0) is 12.0 Å². The van der Waals surface area contributed by atoms with E-state index in [1.807, 2.05) is 13.0 Å². The van der Waals surface area contributed by atoms with Gasteiger partial charge in [0.05, 0.1) is 0 Å². The molecule has 0 spiro atoms. The summed E-state index contributed by atoms with van der Waals surface area (Å²) in [6, 6.07) is 8.98. The molecular formula is C12H15FO2. The number of hydrogen-bond acceptors (Lipinski definition) is 1. The van der Waals surface area contributed by atoms with E-state index in [-0.39, 0.29) is 0 Å². The highest BCUT2D eigenvalue weighted by Gasteiger charge is 2.28. The third-order valence-electron chi connectivity index (χ3n) is 2.42. The lowest BCUT2D eigenvalue weighted by molar-refractivity contribution is -0.143. The van der Waals surface area contributed by atoms with Crippen LogP contribution in [0.15, 0.2) is 30.3 Å². The molecule has 1 aromatic carbocycles. The fourth-order valence-corrected chi connectivity index (χ4v) is 1.67. The fourth-order valence-electron chi connectivity index (χ4n) is 1.67. The van der Waals surface area contributed by atoms with Crippen molar-refractivity contribution >= 4 is 5.97 Å². The first-order chi connectivity index (χ1) is 7.16. The Morgan fingerprint density at radius 2 is 2.00 bits per heavy atom. The van der Waals surface area contributed by atoms with Crippen molar-refractivity contribution < 1.29 is 14.3 Å². The molecule has 82 valence electrons. The van der Waals surface area contributed by atoms with Gasteiger partial charge < -0.3 is 5.11 Å². The van der Waals surface area contributed by atoms with Gasteiger partial charge in [-0.15, -0.1) is 0 Å². The summed E-state index contributed by atoms with van der Waals surface area (Å²) in [5.74, 6) is -1.91. The summed E-state index contributed by atoms with van der Waals surface area (Å²) >= 11 is 0. The molecule has 2 atom stereocenters. The van der Waals surface area contributed by atoms with Gasteiger partial charge >= 0.3 is 5.97 Å². The summed E-state index contributed by atoms with van der Waals surface area (Å²) in [5, 5.41) is 8.67. The van der Waals surface area contributed by atoms with Crippen molar-refractivity contribution in [1.29, 1.82) is 0 Å². The van der Waals surface area contributed by atoms with Crippen molar-refractivity contribution in [2.45, 2.75) is 31.9 Å². The summed E-state index contributed by atoms with van der Waals surface area (Å²) in [6.07, 6.45) is -0.488. The Morgan fingerprint density at radius 1 is 1.40 bits per heavy atom. The van der Waals surface area contributed by atoms with Gasteiger partial charge in [0, 0.05) is 5.92 Å². The minimum Gasteiger partial charge on any atom is -0.479 e. The summed E-state index contributed by atoms with van der Waals surface area (Å²) in [7, 11) is 0. The maximum Gasteiger partial charge on any atom is 0.338 e. The molecule has 1 aromatic rings. The van der Waals surface area contributed by atoms with E-state index in [1.54, 1.807) is 24.3 Å². The SMILES string of the molecule is CCCC(c1ccccc1)C(F)C(=O)O. The molecule has 0 radical (unpaired) electrons. The Balaban J connectivity index is 2.87. The topological polar surface area (TPSA) is 37.3 Å². The number of alkyl halides is 1. The van der Waals surface area contributed by atoms with E-state index in [0.29, 0.717) is 6.42 Å². The van der Waals surface area contributed by atoms with E-state index in [1.165, 1.54) is 0 Å². The standard InChI is InChI=1S/C12H15FO2/c1-2-6-10(11(13)12(14)15)9-7-4-3-5-8-9/h3-5,7-8,10-11H,2,6H2,1H3,(H,14,15). The van der Waals surface area contributed by atoms with Gasteiger partial charge in [-0.25, -0.2) is 9.18 Å². The molecule has 2 nitrogen and oxygen atoms in total. The molecule has 0 aliphatic carbocycles. The van der Waals surface area contributed by atoms with Crippen LogP contribution < -0.4 is 0 Å². The van der Waals surface area contributed by atoms with E-state index in [4.69, 9.17) is 5.11 Å². The lowest BCUT2D eigenvalue weighted by Gasteiger charge is -2.17. The lowest BCUT2D eigenvalue weighted by atomic mass is 9.90. The van der Waals surface area contributed by atoms with Gasteiger partial charge in [0.2, 0.25) is 6.17 Å². The monoisotopic (exact) mass is 210 g/mol. The predicted octanol–water partition coefficient (Wildman–Crippen LogP) is 2.99. The van der Waals surface area contributed by atoms with E-state index < -0.39 is 18.1 Å². The Bertz CT molecular complexity index is 311. The molecule has 2 unspecified atom stereocenters. The van der Waals surface area contributed by atoms with Crippen LogP contribution in [0.3, 0.4) is 0 Å². The maximum absolute atomic E-state index is 13.5. The second-order valence-corrected chi connectivity index (χ2v) is 3.55. The summed E-state index contributed by atoms with van der Waals surface area (Å²) in [6.45, 7) is 1.92. The highest BCUT2D eigenvalue weighted by molar-refractivity contribution is 5.73. The van der Waals surface area contributed by atoms with Crippen LogP contribution in [-0.4, -0.2) is 17.2 Å². The number of aliphatic carboxylic acids is 1. The second-order valence-electron chi connectivity index (χ2n) is 3.55. The largest absolute Gasteiger partial charge is 0.479 e. The molecule has 1 rings (SSSR count). The number of benzene rings is 1. The van der Waals surface area contributed by atoms with Crippen LogP contribution in [0.1, 0.15) is 31.2 Å². The van der Waals surface area contributed by atoms with E-state index in [2.05, 4.69) is 0 Å². The number of carboxylic acid groups (broad SMARTS) is 1. The van der Waals surface area contributed by atoms with Crippen molar-refractivity contribution in [3.05, 3.63) is 35.9 Å². The average molecular weight is 210 g/mol. The lowest BCUT2D eigenvalue weighted by Crippen LogP contribution is -2.23. The minimum atomic E-state index is -1.81. The first-order valence-electron chi connectivity index (χ1n) is 5.08. The minimum absolute atomic E-state index is 0.534. The Labute approximate surface area is 88.7 Å². The molecule has 0 fully saturated rings. The zero-order valence-electron chi connectivity index (χ0n) is 8.69. The molecule has 3 heteroatoms. The predicted molar refractivity (Wildman–Crippen MR) is 56.6 cm³/mol. The Kier molecular flexibility index (Phi) is 4.28. The van der Waals surface area contributed by atoms with E-state index in [0.717, 1.165) is 12.0 Å². The van der Waals surface area contributed by atoms with Crippen molar-refractivity contribution in [3.8, 4) is 0 Å². The molecule has 0 aliphatic rings. The molecule has 0 aromatic heterocycles. The van der Waals surface area contributed by atoms with E-state index >= 15 is 0 Å². The third kappa shape index (κ3) is 3.05. The molecule has 1 N–H and O–H groups in total. The smallest absolute Gasteiger partial charge is 0.338 e. The zero-order valence-corrected chi connectivity index (χ0v) is 8.69. The van der Waals surface area contributed by atoms with Crippen LogP contribution in [0.2, 0.25) is 0 Å². The Hall–Kier alpha value is -1.38. The highest BCUT2D eigenvalue weighted by atomic mass is 19.1. The van der Waals surface area contributed by atoms with Crippen LogP contribution in [-0.2, 0) is 4.79 Å². The van der Waals surface area contributed by atoms with Crippen LogP contribution in [0.25, 0.3) is 0 Å². The van der Waals surface area contributed by atoms with Crippen molar-refractivity contribution in [1.82, 2.24) is 0 Å². The fraction of sp³-hybridized carbons (Fsp3) is 0.417. The number of rotatable bonds is 5. The average Bonchev–Trinajstić information content (AvgIpc) is 2.26. The number of carboxylic acids is 1. The van der Waals surface area contributed by atoms with Crippen LogP contribution in [0.4, 0.5) is 4.39 Å². The first-order valence-corrected chi connectivity index (χ1v) is 5.08. The van der Waals surface area contributed by atoms with Crippen molar-refractivity contribution in [2.24, 2.45) is 0 Å². The van der Waals surface area contributed by atoms with Gasteiger partial charge in [-0.3, -0.25) is 0 Å². The molecular weight excluding hydrogens is 195 g/mol. The van der Waals surface area contributed by atoms with Crippen molar-refractivity contribution in [2.75, 3.05) is 0 Å². The van der Waals surface area contributed by atoms with Crippen LogP contribution in [0.5, 0.6) is 0 Å². The van der Waals surface area contributed by atoms with Crippen LogP contribution in [0, 0.1) is 0 Å². The maximum atomic E-state index is 13.5. The van der Waals surface area contributed by atoms with Gasteiger partial charge in [0.1, 0.15) is 0 Å². The molecule has 0 amide bonds. The molecule has 0 saturated heterocycles. The van der Waals surface area contributed by atoms with Gasteiger partial charge in [0.15, 0.2) is 0 Å². The second kappa shape index (κ2) is 5.49.